The second-order valence-corrected chi connectivity index (χ2v) is 7.79. The maximum Gasteiger partial charge on any atom is 0.124 e. The Hall–Kier alpha value is -1.12. The van der Waals surface area contributed by atoms with Crippen LogP contribution in [-0.4, -0.2) is 16.8 Å². The van der Waals surface area contributed by atoms with Crippen LogP contribution in [0.25, 0.3) is 0 Å². The van der Waals surface area contributed by atoms with E-state index < -0.39 is 0 Å². The molecule has 2 nitrogen and oxygen atoms in total. The van der Waals surface area contributed by atoms with E-state index in [0.717, 1.165) is 32.1 Å². The summed E-state index contributed by atoms with van der Waals surface area (Å²) >= 11 is 0. The molecule has 110 valence electrons. The normalized spacial score (nSPS) is 49.9. The van der Waals surface area contributed by atoms with Gasteiger partial charge in [0.05, 0.1) is 6.10 Å². The first kappa shape index (κ1) is 12.4. The Kier molecular flexibility index (Phi) is 2.04. The van der Waals surface area contributed by atoms with Crippen molar-refractivity contribution >= 4 is 0 Å². The van der Waals surface area contributed by atoms with Crippen LogP contribution in [0.3, 0.4) is 0 Å². The van der Waals surface area contributed by atoms with E-state index in [-0.39, 0.29) is 22.7 Å². The Labute approximate surface area is 125 Å². The minimum Gasteiger partial charge on any atom is -0.392 e. The minimum atomic E-state index is -0.247. The first-order chi connectivity index (χ1) is 10.0. The van der Waals surface area contributed by atoms with Crippen molar-refractivity contribution in [3.8, 4) is 0 Å². The molecule has 0 bridgehead atoms. The van der Waals surface area contributed by atoms with Crippen LogP contribution in [0.15, 0.2) is 36.4 Å². The summed E-state index contributed by atoms with van der Waals surface area (Å²) in [5.74, 6) is 0.321. The molecule has 1 aromatic carbocycles. The largest absolute Gasteiger partial charge is 0.392 e. The minimum absolute atomic E-state index is 0.0383. The molecule has 0 spiro atoms. The summed E-state index contributed by atoms with van der Waals surface area (Å²) < 4.78 is 6.57. The molecule has 3 fully saturated rings. The zero-order valence-electron chi connectivity index (χ0n) is 12.6. The average molecular weight is 282 g/mol. The number of benzene rings is 1. The molecule has 0 amide bonds. The fraction of sp³-hybridized carbons (Fsp3) is 0.579. The highest BCUT2D eigenvalue weighted by Crippen LogP contribution is 2.77. The van der Waals surface area contributed by atoms with Crippen molar-refractivity contribution in [2.45, 2.75) is 56.3 Å². The van der Waals surface area contributed by atoms with Crippen LogP contribution in [0.5, 0.6) is 0 Å². The van der Waals surface area contributed by atoms with Gasteiger partial charge in [0.15, 0.2) is 0 Å². The van der Waals surface area contributed by atoms with Crippen LogP contribution in [-0.2, 0) is 16.8 Å². The number of aliphatic hydroxyl groups excluding tert-OH is 1. The highest BCUT2D eigenvalue weighted by molar-refractivity contribution is 5.48. The third-order valence-corrected chi connectivity index (χ3v) is 6.98. The summed E-state index contributed by atoms with van der Waals surface area (Å²) in [4.78, 5) is 0. The van der Waals surface area contributed by atoms with Crippen LogP contribution >= 0.6 is 0 Å². The molecule has 4 aliphatic rings. The van der Waals surface area contributed by atoms with Crippen molar-refractivity contribution in [1.82, 2.24) is 0 Å². The molecular formula is C19H22O2. The van der Waals surface area contributed by atoms with E-state index in [2.05, 4.69) is 37.8 Å². The van der Waals surface area contributed by atoms with Crippen LogP contribution in [0.4, 0.5) is 0 Å². The average Bonchev–Trinajstić information content (AvgIpc) is 3.11. The van der Waals surface area contributed by atoms with Crippen LogP contribution in [0.1, 0.15) is 43.7 Å². The molecule has 0 unspecified atom stereocenters. The Balaban J connectivity index is 1.68. The van der Waals surface area contributed by atoms with Crippen LogP contribution < -0.4 is 0 Å². The first-order valence-electron chi connectivity index (χ1n) is 8.18. The molecule has 5 atom stereocenters. The number of aliphatic hydroxyl groups is 1. The lowest BCUT2D eigenvalue weighted by Gasteiger charge is -2.46. The Bertz CT molecular complexity index is 665. The third-order valence-electron chi connectivity index (χ3n) is 6.98. The molecule has 5 rings (SSSR count). The van der Waals surface area contributed by atoms with Crippen LogP contribution in [0, 0.1) is 11.3 Å². The maximum absolute atomic E-state index is 10.6. The van der Waals surface area contributed by atoms with Crippen molar-refractivity contribution in [1.29, 1.82) is 0 Å². The van der Waals surface area contributed by atoms with Crippen molar-refractivity contribution in [3.63, 3.8) is 0 Å². The lowest BCUT2D eigenvalue weighted by molar-refractivity contribution is -0.00501. The third kappa shape index (κ3) is 1.17. The van der Waals surface area contributed by atoms with Gasteiger partial charge in [-0.2, -0.15) is 0 Å². The molecular weight excluding hydrogens is 260 g/mol. The highest BCUT2D eigenvalue weighted by Gasteiger charge is 2.81. The molecule has 2 heteroatoms. The summed E-state index contributed by atoms with van der Waals surface area (Å²) in [6.07, 6.45) is 4.76. The van der Waals surface area contributed by atoms with E-state index in [0.29, 0.717) is 5.92 Å². The Morgan fingerprint density at radius 1 is 1.24 bits per heavy atom. The summed E-state index contributed by atoms with van der Waals surface area (Å²) in [6.45, 7) is 6.56. The smallest absolute Gasteiger partial charge is 0.124 e. The number of rotatable bonds is 0. The molecule has 21 heavy (non-hydrogen) atoms. The van der Waals surface area contributed by atoms with Gasteiger partial charge in [-0.1, -0.05) is 43.3 Å². The quantitative estimate of drug-likeness (QED) is 0.585. The van der Waals surface area contributed by atoms with Crippen LogP contribution in [0.2, 0.25) is 0 Å². The van der Waals surface area contributed by atoms with E-state index in [1.54, 1.807) is 0 Å². The van der Waals surface area contributed by atoms with Crippen molar-refractivity contribution in [3.05, 3.63) is 47.5 Å². The van der Waals surface area contributed by atoms with E-state index in [1.165, 1.54) is 16.7 Å². The number of ether oxygens (including phenoxy) is 1. The van der Waals surface area contributed by atoms with E-state index >= 15 is 0 Å². The van der Waals surface area contributed by atoms with E-state index in [4.69, 9.17) is 4.74 Å². The number of hydrogen-bond acceptors (Lipinski definition) is 2. The zero-order valence-corrected chi connectivity index (χ0v) is 12.6. The summed E-state index contributed by atoms with van der Waals surface area (Å²) in [6, 6.07) is 8.78. The van der Waals surface area contributed by atoms with Gasteiger partial charge in [-0.05, 0) is 43.2 Å². The van der Waals surface area contributed by atoms with E-state index in [1.807, 2.05) is 0 Å². The molecule has 0 radical (unpaired) electrons. The lowest BCUT2D eigenvalue weighted by Crippen LogP contribution is -2.49. The molecule has 2 saturated carbocycles. The SMILES string of the molecule is C=C1C[C@@H](O)[C@@]2(C)CC[C@@]34O[C@@]3(CCc3ccccc34)[C@H]12. The van der Waals surface area contributed by atoms with Crippen molar-refractivity contribution in [2.75, 3.05) is 0 Å². The maximum atomic E-state index is 10.6. The van der Waals surface area contributed by atoms with Gasteiger partial charge >= 0.3 is 0 Å². The topological polar surface area (TPSA) is 32.8 Å². The summed E-state index contributed by atoms with van der Waals surface area (Å²) in [5.41, 5.74) is 3.88. The van der Waals surface area contributed by atoms with Gasteiger partial charge in [0.25, 0.3) is 0 Å². The number of fused-ring (bicyclic) bond motifs is 2. The van der Waals surface area contributed by atoms with Gasteiger partial charge in [0.2, 0.25) is 0 Å². The Morgan fingerprint density at radius 2 is 2.05 bits per heavy atom. The Morgan fingerprint density at radius 3 is 2.90 bits per heavy atom. The zero-order chi connectivity index (χ0) is 14.5. The van der Waals surface area contributed by atoms with Crippen molar-refractivity contribution in [2.24, 2.45) is 11.3 Å². The van der Waals surface area contributed by atoms with Crippen molar-refractivity contribution < 1.29 is 9.84 Å². The van der Waals surface area contributed by atoms with Gasteiger partial charge < -0.3 is 9.84 Å². The number of hydrogen-bond donors (Lipinski definition) is 1. The molecule has 3 aliphatic carbocycles. The predicted molar refractivity (Wildman–Crippen MR) is 80.9 cm³/mol. The predicted octanol–water partition coefficient (Wildman–Crippen LogP) is 3.33. The highest BCUT2D eigenvalue weighted by atomic mass is 16.6. The first-order valence-corrected chi connectivity index (χ1v) is 8.18. The summed E-state index contributed by atoms with van der Waals surface area (Å²) in [7, 11) is 0. The van der Waals surface area contributed by atoms with Gasteiger partial charge in [-0.3, -0.25) is 0 Å². The van der Waals surface area contributed by atoms with Gasteiger partial charge in [0, 0.05) is 11.3 Å². The van der Waals surface area contributed by atoms with Gasteiger partial charge in [-0.15, -0.1) is 0 Å². The standard InChI is InChI=1S/C19H22O2/c1-12-11-15(20)17(2)9-10-18-14-6-4-3-5-13(14)7-8-19(18,21-18)16(12)17/h3-6,15-16,20H,1,7-11H2,2H3/t15-,16-,17-,18+,19+/m1/s1. The monoisotopic (exact) mass is 282 g/mol. The molecule has 1 saturated heterocycles. The molecule has 1 aliphatic heterocycles. The second-order valence-electron chi connectivity index (χ2n) is 7.79. The summed E-state index contributed by atoms with van der Waals surface area (Å²) in [5, 5.41) is 10.6. The fourth-order valence-corrected chi connectivity index (χ4v) is 5.98. The number of epoxide rings is 1. The fourth-order valence-electron chi connectivity index (χ4n) is 5.98. The molecule has 1 aromatic rings. The van der Waals surface area contributed by atoms with Gasteiger partial charge in [-0.25, -0.2) is 0 Å². The molecule has 0 aromatic heterocycles. The second kappa shape index (κ2) is 3.44. The molecule has 1 heterocycles. The van der Waals surface area contributed by atoms with E-state index in [9.17, 15) is 5.11 Å². The molecule has 1 N–H and O–H groups in total. The van der Waals surface area contributed by atoms with Gasteiger partial charge in [0.1, 0.15) is 11.2 Å². The lowest BCUT2D eigenvalue weighted by atomic mass is 9.55. The number of aryl methyl sites for hydroxylation is 1.